The van der Waals surface area contributed by atoms with Crippen LogP contribution in [0.1, 0.15) is 39.3 Å². The Morgan fingerprint density at radius 3 is 1.78 bits per heavy atom. The molecule has 2 aliphatic rings. The summed E-state index contributed by atoms with van der Waals surface area (Å²) in [5, 5.41) is 0. The van der Waals surface area contributed by atoms with Gasteiger partial charge < -0.3 is 0 Å². The van der Waals surface area contributed by atoms with E-state index in [9.17, 15) is 0 Å². The second-order valence-electron chi connectivity index (χ2n) is 15.5. The Morgan fingerprint density at radius 2 is 0.966 bits per heavy atom. The zero-order valence-electron chi connectivity index (χ0n) is 32.9. The van der Waals surface area contributed by atoms with Gasteiger partial charge in [-0.3, -0.25) is 4.98 Å². The van der Waals surface area contributed by atoms with Gasteiger partial charge in [0.05, 0.1) is 5.41 Å². The zero-order valence-corrected chi connectivity index (χ0v) is 33.8. The third kappa shape index (κ3) is 5.68. The highest BCUT2D eigenvalue weighted by atomic mass is 32.2. The van der Waals surface area contributed by atoms with E-state index in [4.69, 9.17) is 19.9 Å². The molecule has 0 amide bonds. The standard InChI is InChI=1S/C54H38N4S/c1-33-29-44(34(2)55-32-33)42-16-8-7-15-41(42)39-25-28-49-51(31-39)59-50-20-12-11-19-48(50)54(49)46-18-10-9-17-43(46)45-30-40(26-27-47(45)54)53-57-35(3)56-52(58-53)38-23-21-37(22-24-38)36-13-5-4-6-14-36/h4-32H,1-3H3. The van der Waals surface area contributed by atoms with Crippen LogP contribution in [-0.4, -0.2) is 19.9 Å². The number of fused-ring (bicyclic) bond motifs is 9. The lowest BCUT2D eigenvalue weighted by Gasteiger charge is -2.40. The minimum absolute atomic E-state index is 0.503. The van der Waals surface area contributed by atoms with Gasteiger partial charge in [-0.05, 0) is 112 Å². The Balaban J connectivity index is 1.05. The molecule has 9 aromatic rings. The van der Waals surface area contributed by atoms with E-state index in [2.05, 4.69) is 178 Å². The van der Waals surface area contributed by atoms with Gasteiger partial charge in [0.1, 0.15) is 5.82 Å². The van der Waals surface area contributed by atoms with E-state index in [1.807, 2.05) is 30.9 Å². The summed E-state index contributed by atoms with van der Waals surface area (Å²) in [6.07, 6.45) is 1.95. The molecule has 7 aromatic carbocycles. The third-order valence-corrected chi connectivity index (χ3v) is 13.1. The Labute approximate surface area is 348 Å². The Kier molecular flexibility index (Phi) is 8.28. The molecule has 5 heteroatoms. The van der Waals surface area contributed by atoms with Crippen molar-refractivity contribution in [1.82, 2.24) is 19.9 Å². The summed E-state index contributed by atoms with van der Waals surface area (Å²) in [6, 6.07) is 61.7. The van der Waals surface area contributed by atoms with Gasteiger partial charge in [0.25, 0.3) is 0 Å². The van der Waals surface area contributed by atoms with E-state index in [1.54, 1.807) is 0 Å². The van der Waals surface area contributed by atoms with Crippen LogP contribution in [0, 0.1) is 20.8 Å². The molecule has 1 spiro atoms. The van der Waals surface area contributed by atoms with E-state index in [0.29, 0.717) is 17.5 Å². The number of benzene rings is 7. The highest BCUT2D eigenvalue weighted by Gasteiger charge is 2.50. The fourth-order valence-electron chi connectivity index (χ4n) is 9.28. The molecule has 2 aromatic heterocycles. The minimum Gasteiger partial charge on any atom is -0.261 e. The zero-order chi connectivity index (χ0) is 39.7. The average Bonchev–Trinajstić information content (AvgIpc) is 3.57. The van der Waals surface area contributed by atoms with Crippen LogP contribution in [0.3, 0.4) is 0 Å². The summed E-state index contributed by atoms with van der Waals surface area (Å²) in [5.41, 5.74) is 18.3. The maximum Gasteiger partial charge on any atom is 0.163 e. The van der Waals surface area contributed by atoms with E-state index in [-0.39, 0.29) is 0 Å². The van der Waals surface area contributed by atoms with E-state index < -0.39 is 5.41 Å². The predicted octanol–water partition coefficient (Wildman–Crippen LogP) is 13.4. The first-order chi connectivity index (χ1) is 29.0. The normalized spacial score (nSPS) is 14.7. The van der Waals surface area contributed by atoms with Gasteiger partial charge in [-0.2, -0.15) is 0 Å². The molecular formula is C54H38N4S. The topological polar surface area (TPSA) is 51.6 Å². The van der Waals surface area contributed by atoms with Crippen molar-refractivity contribution >= 4 is 11.8 Å². The summed E-state index contributed by atoms with van der Waals surface area (Å²) in [4.78, 5) is 22.0. The van der Waals surface area contributed by atoms with Gasteiger partial charge >= 0.3 is 0 Å². The van der Waals surface area contributed by atoms with Crippen LogP contribution < -0.4 is 0 Å². The molecule has 1 aliphatic heterocycles. The quantitative estimate of drug-likeness (QED) is 0.174. The number of hydrogen-bond acceptors (Lipinski definition) is 5. The van der Waals surface area contributed by atoms with Crippen molar-refractivity contribution in [1.29, 1.82) is 0 Å². The summed E-state index contributed by atoms with van der Waals surface area (Å²) in [7, 11) is 0. The Bertz CT molecular complexity index is 3120. The molecule has 0 radical (unpaired) electrons. The summed E-state index contributed by atoms with van der Waals surface area (Å²) < 4.78 is 0. The van der Waals surface area contributed by atoms with Gasteiger partial charge in [-0.25, -0.2) is 15.0 Å². The van der Waals surface area contributed by atoms with Crippen molar-refractivity contribution in [3.63, 3.8) is 0 Å². The fraction of sp³-hybridized carbons (Fsp3) is 0.0741. The van der Waals surface area contributed by atoms with Crippen molar-refractivity contribution in [2.45, 2.75) is 36.0 Å². The molecule has 1 aliphatic carbocycles. The molecule has 4 nitrogen and oxygen atoms in total. The number of aryl methyl sites for hydroxylation is 3. The third-order valence-electron chi connectivity index (χ3n) is 11.9. The molecule has 59 heavy (non-hydrogen) atoms. The van der Waals surface area contributed by atoms with Crippen LogP contribution in [0.2, 0.25) is 0 Å². The van der Waals surface area contributed by atoms with Crippen LogP contribution in [0.4, 0.5) is 0 Å². The maximum atomic E-state index is 5.08. The summed E-state index contributed by atoms with van der Waals surface area (Å²) in [6.45, 7) is 6.16. The van der Waals surface area contributed by atoms with Crippen molar-refractivity contribution in [3.05, 3.63) is 215 Å². The van der Waals surface area contributed by atoms with Crippen molar-refractivity contribution < 1.29 is 0 Å². The molecular weight excluding hydrogens is 737 g/mol. The number of hydrogen-bond donors (Lipinski definition) is 0. The fourth-order valence-corrected chi connectivity index (χ4v) is 10.5. The second-order valence-corrected chi connectivity index (χ2v) is 16.6. The highest BCUT2D eigenvalue weighted by Crippen LogP contribution is 2.62. The summed E-state index contributed by atoms with van der Waals surface area (Å²) >= 11 is 1.87. The Hall–Kier alpha value is -6.95. The highest BCUT2D eigenvalue weighted by molar-refractivity contribution is 7.99. The number of aromatic nitrogens is 4. The lowest BCUT2D eigenvalue weighted by atomic mass is 9.67. The monoisotopic (exact) mass is 774 g/mol. The Morgan fingerprint density at radius 1 is 0.390 bits per heavy atom. The van der Waals surface area contributed by atoms with Crippen LogP contribution >= 0.6 is 11.8 Å². The first kappa shape index (κ1) is 35.2. The van der Waals surface area contributed by atoms with E-state index in [0.717, 1.165) is 27.9 Å². The SMILES string of the molecule is Cc1cnc(C)c(-c2ccccc2-c2ccc3c(c2)Sc2ccccc2C32c3ccccc3-c3cc(-c4nc(C)nc(-c5ccc(-c6ccccc6)cc5)n4)ccc32)c1. The van der Waals surface area contributed by atoms with Gasteiger partial charge in [0.15, 0.2) is 11.6 Å². The smallest absolute Gasteiger partial charge is 0.163 e. The number of pyridine rings is 1. The molecule has 1 unspecified atom stereocenters. The second kappa shape index (κ2) is 13.9. The molecule has 0 N–H and O–H groups in total. The van der Waals surface area contributed by atoms with Gasteiger partial charge in [-0.15, -0.1) is 0 Å². The average molecular weight is 775 g/mol. The molecule has 0 saturated heterocycles. The van der Waals surface area contributed by atoms with Crippen LogP contribution in [0.5, 0.6) is 0 Å². The molecule has 1 atom stereocenters. The minimum atomic E-state index is -0.503. The van der Waals surface area contributed by atoms with Crippen LogP contribution in [-0.2, 0) is 5.41 Å². The van der Waals surface area contributed by atoms with Gasteiger partial charge in [0, 0.05) is 38.4 Å². The predicted molar refractivity (Wildman–Crippen MR) is 240 cm³/mol. The molecule has 280 valence electrons. The lowest BCUT2D eigenvalue weighted by molar-refractivity contribution is 0.722. The largest absolute Gasteiger partial charge is 0.261 e. The van der Waals surface area contributed by atoms with E-state index >= 15 is 0 Å². The van der Waals surface area contributed by atoms with Crippen molar-refractivity contribution in [3.8, 4) is 67.3 Å². The van der Waals surface area contributed by atoms with E-state index in [1.165, 1.54) is 71.0 Å². The first-order valence-corrected chi connectivity index (χ1v) is 20.9. The van der Waals surface area contributed by atoms with Crippen molar-refractivity contribution in [2.75, 3.05) is 0 Å². The summed E-state index contributed by atoms with van der Waals surface area (Å²) in [5.74, 6) is 2.03. The molecule has 0 bridgehead atoms. The van der Waals surface area contributed by atoms with Gasteiger partial charge in [-0.1, -0.05) is 157 Å². The van der Waals surface area contributed by atoms with Crippen LogP contribution in [0.25, 0.3) is 67.3 Å². The first-order valence-electron chi connectivity index (χ1n) is 20.0. The molecule has 0 saturated carbocycles. The van der Waals surface area contributed by atoms with Gasteiger partial charge in [0.2, 0.25) is 0 Å². The molecule has 3 heterocycles. The van der Waals surface area contributed by atoms with Crippen molar-refractivity contribution in [2.24, 2.45) is 0 Å². The molecule has 11 rings (SSSR count). The molecule has 0 fully saturated rings. The van der Waals surface area contributed by atoms with Crippen LogP contribution in [0.15, 0.2) is 186 Å². The number of nitrogens with zero attached hydrogens (tertiary/aromatic N) is 4. The lowest BCUT2D eigenvalue weighted by Crippen LogP contribution is -2.32. The maximum absolute atomic E-state index is 5.08. The number of rotatable bonds is 5.